The minimum absolute atomic E-state index is 0.115. The average Bonchev–Trinajstić information content (AvgIpc) is 1.54. The highest BCUT2D eigenvalue weighted by Crippen LogP contribution is 2.45. The second-order valence-electron chi connectivity index (χ2n) is 24.7. The van der Waals surface area contributed by atoms with E-state index in [1.165, 1.54) is 86.1 Å². The van der Waals surface area contributed by atoms with Gasteiger partial charge in [-0.25, -0.2) is 35.6 Å². The Morgan fingerprint density at radius 2 is 0.971 bits per heavy atom. The van der Waals surface area contributed by atoms with E-state index in [9.17, 15) is 35.2 Å². The van der Waals surface area contributed by atoms with Gasteiger partial charge in [0.25, 0.3) is 26.0 Å². The molecular formula is C77H63BBrF2N7O12S2. The number of nitrogens with zero attached hydrogens (tertiary/aromatic N) is 6. The summed E-state index contributed by atoms with van der Waals surface area (Å²) in [5.41, 5.74) is 8.14. The molecule has 0 unspecified atom stereocenters. The third-order valence-corrected chi connectivity index (χ3v) is 21.9. The Bertz CT molecular complexity index is 5680. The molecule has 1 amide bonds. The number of amides is 1. The van der Waals surface area contributed by atoms with Crippen LogP contribution in [-0.4, -0.2) is 87.9 Å². The van der Waals surface area contributed by atoms with Gasteiger partial charge in [-0.3, -0.25) is 18.2 Å². The number of carbonyl (C=O) groups is 2. The van der Waals surface area contributed by atoms with Gasteiger partial charge < -0.3 is 32.3 Å². The predicted molar refractivity (Wildman–Crippen MR) is 392 cm³/mol. The molecule has 1 N–H and O–H groups in total. The first-order valence-electron chi connectivity index (χ1n) is 32.1. The maximum atomic E-state index is 13.9. The smallest absolute Gasteiger partial charge is 0.455 e. The summed E-state index contributed by atoms with van der Waals surface area (Å²) in [4.78, 5) is 43.8. The number of Topliss-reactive ketones (excluding diaryl/α,β-unsaturated/α-hetero) is 1. The Morgan fingerprint density at radius 1 is 0.510 bits per heavy atom. The van der Waals surface area contributed by atoms with Crippen molar-refractivity contribution in [2.45, 2.75) is 62.0 Å². The molecule has 8 aromatic carbocycles. The number of carbonyl (C=O) groups excluding carboxylic acids is 2. The van der Waals surface area contributed by atoms with Crippen LogP contribution in [0.1, 0.15) is 61.8 Å². The summed E-state index contributed by atoms with van der Waals surface area (Å²) < 4.78 is 120. The van der Waals surface area contributed by atoms with Crippen molar-refractivity contribution in [2.75, 3.05) is 29.8 Å². The molecule has 102 heavy (non-hydrogen) atoms. The van der Waals surface area contributed by atoms with Crippen LogP contribution in [0.5, 0.6) is 0 Å². The zero-order valence-electron chi connectivity index (χ0n) is 56.1. The molecule has 1 saturated heterocycles. The minimum atomic E-state index is -4.01. The van der Waals surface area contributed by atoms with Crippen LogP contribution in [-0.2, 0) is 29.4 Å². The van der Waals surface area contributed by atoms with Gasteiger partial charge in [-0.15, -0.1) is 0 Å². The minimum Gasteiger partial charge on any atom is -0.455 e. The molecule has 1 aliphatic heterocycles. The molecule has 0 radical (unpaired) electrons. The number of ketones is 1. The molecule has 0 atom stereocenters. The number of hydrogen-bond donors (Lipinski definition) is 1. The molecule has 0 bridgehead atoms. The zero-order valence-corrected chi connectivity index (χ0v) is 59.3. The standard InChI is InChI=1S/C36H26FN3O5S.C23H18BrFN2O4S.C18H19BN2O3/c1-3-30(41)33-28-20-27(23-9-7-10-24(19-23)36-39-35-31(45-36)13-8-18-38-35)29(40(2)46(42,43)26-11-5-4-6-12-26)21-32(28)44-34(33)22-14-16-25(37)17-15-22;1-26-23(28)21-17-12-18(24)19(27(2)32(29,30)16-6-4-3-5-7-16)13-20(17)31-22(21)14-8-10-15(25)11-9-14;1-17(2)18(3,4)24-19(23-17)13-8-5-7-12(11-13)16-21-15-14(22-16)9-6-10-20-15/h4-21H,3H2,1-2H3;3-13H,1-2H3,(H,26,28);5-11H,1-4H3. The first-order valence-corrected chi connectivity index (χ1v) is 35.7. The number of furan rings is 2. The van der Waals surface area contributed by atoms with Crippen molar-refractivity contribution in [3.8, 4) is 56.7 Å². The van der Waals surface area contributed by atoms with Crippen LogP contribution >= 0.6 is 15.9 Å². The van der Waals surface area contributed by atoms with E-state index in [1.54, 1.807) is 104 Å². The molecule has 1 fully saturated rings. The number of rotatable bonds is 15. The third-order valence-electron chi connectivity index (χ3n) is 17.7. The van der Waals surface area contributed by atoms with Gasteiger partial charge in [-0.2, -0.15) is 9.97 Å². The second kappa shape index (κ2) is 27.9. The van der Waals surface area contributed by atoms with Gasteiger partial charge in [0.2, 0.25) is 11.8 Å². The van der Waals surface area contributed by atoms with Crippen molar-refractivity contribution in [3.63, 3.8) is 0 Å². The second-order valence-corrected chi connectivity index (χ2v) is 29.5. The molecule has 0 spiro atoms. The first kappa shape index (κ1) is 69.5. The van der Waals surface area contributed by atoms with Crippen molar-refractivity contribution in [1.29, 1.82) is 0 Å². The summed E-state index contributed by atoms with van der Waals surface area (Å²) in [5.74, 6) is 0.0551. The van der Waals surface area contributed by atoms with E-state index >= 15 is 0 Å². The van der Waals surface area contributed by atoms with Gasteiger partial charge in [-0.1, -0.05) is 67.6 Å². The topological polar surface area (TPSA) is 244 Å². The lowest BCUT2D eigenvalue weighted by atomic mass is 9.78. The number of halogens is 3. The molecule has 25 heteroatoms. The predicted octanol–water partition coefficient (Wildman–Crippen LogP) is 16.9. The molecule has 514 valence electrons. The maximum Gasteiger partial charge on any atom is 0.494 e. The van der Waals surface area contributed by atoms with Crippen molar-refractivity contribution in [1.82, 2.24) is 25.3 Å². The van der Waals surface area contributed by atoms with E-state index in [4.69, 9.17) is 27.0 Å². The number of oxazole rings is 2. The van der Waals surface area contributed by atoms with E-state index in [2.05, 4.69) is 41.2 Å². The van der Waals surface area contributed by atoms with Gasteiger partial charge in [0, 0.05) is 95.2 Å². The number of fused-ring (bicyclic) bond motifs is 4. The summed E-state index contributed by atoms with van der Waals surface area (Å²) in [5, 5.41) is 3.59. The lowest BCUT2D eigenvalue weighted by molar-refractivity contribution is 0.00578. The third kappa shape index (κ3) is 13.5. The van der Waals surface area contributed by atoms with Crippen LogP contribution < -0.4 is 19.4 Å². The van der Waals surface area contributed by atoms with Crippen molar-refractivity contribution < 1.29 is 62.2 Å². The lowest BCUT2D eigenvalue weighted by Crippen LogP contribution is -2.41. The molecule has 6 aromatic heterocycles. The van der Waals surface area contributed by atoms with E-state index in [0.29, 0.717) is 105 Å². The van der Waals surface area contributed by atoms with Gasteiger partial charge in [-0.05, 0) is 188 Å². The summed E-state index contributed by atoms with van der Waals surface area (Å²) >= 11 is 3.43. The van der Waals surface area contributed by atoms with Crippen molar-refractivity contribution in [2.24, 2.45) is 0 Å². The van der Waals surface area contributed by atoms with Gasteiger partial charge in [0.15, 0.2) is 28.2 Å². The number of nitrogens with one attached hydrogen (secondary N) is 1. The highest BCUT2D eigenvalue weighted by molar-refractivity contribution is 9.10. The number of anilines is 2. The average molecular weight is 1470 g/mol. The fourth-order valence-corrected chi connectivity index (χ4v) is 14.7. The quantitative estimate of drug-likeness (QED) is 0.0741. The van der Waals surface area contributed by atoms with Crippen LogP contribution in [0, 0.1) is 11.6 Å². The number of sulfonamides is 2. The van der Waals surface area contributed by atoms with Crippen LogP contribution in [0.25, 0.3) is 101 Å². The number of aromatic nitrogens is 4. The normalized spacial score (nSPS) is 13.4. The summed E-state index contributed by atoms with van der Waals surface area (Å²) in [6.07, 6.45) is 3.54. The highest BCUT2D eigenvalue weighted by Gasteiger charge is 2.52. The van der Waals surface area contributed by atoms with Crippen LogP contribution in [0.3, 0.4) is 0 Å². The van der Waals surface area contributed by atoms with E-state index < -0.39 is 38.8 Å². The van der Waals surface area contributed by atoms with Crippen LogP contribution in [0.2, 0.25) is 0 Å². The van der Waals surface area contributed by atoms with Crippen molar-refractivity contribution >= 4 is 116 Å². The number of hydrogen-bond acceptors (Lipinski definition) is 16. The molecule has 7 heterocycles. The highest BCUT2D eigenvalue weighted by atomic mass is 79.9. The number of benzene rings is 8. The Balaban J connectivity index is 0.000000145. The Morgan fingerprint density at radius 3 is 1.47 bits per heavy atom. The van der Waals surface area contributed by atoms with Crippen LogP contribution in [0.4, 0.5) is 20.2 Å². The first-order chi connectivity index (χ1) is 48.8. The molecule has 1 aliphatic rings. The molecule has 15 rings (SSSR count). The van der Waals surface area contributed by atoms with E-state index in [0.717, 1.165) is 15.3 Å². The molecule has 14 aromatic rings. The molecule has 0 saturated carbocycles. The molecule has 19 nitrogen and oxygen atoms in total. The largest absolute Gasteiger partial charge is 0.494 e. The maximum absolute atomic E-state index is 13.9. The van der Waals surface area contributed by atoms with Crippen molar-refractivity contribution in [3.05, 3.63) is 246 Å². The van der Waals surface area contributed by atoms with Gasteiger partial charge in [0.05, 0.1) is 43.5 Å². The number of pyridine rings is 2. The SMILES string of the molecule is CC1(C)OB(c2cccc(-c3nc4ncccc4o3)c2)OC1(C)C.CCC(=O)c1c(-c2ccc(F)cc2)oc2cc(N(C)S(=O)(=O)c3ccccc3)c(-c3cccc(-c4nc5ncccc5o4)c3)cc12.CNC(=O)c1c(-c2ccc(F)cc2)oc2cc(N(C)S(=O)(=O)c3ccccc3)c(Br)cc12. The Labute approximate surface area is 594 Å². The summed E-state index contributed by atoms with van der Waals surface area (Å²) in [6.45, 7) is 9.93. The van der Waals surface area contributed by atoms with E-state index in [1.807, 2.05) is 88.4 Å². The lowest BCUT2D eigenvalue weighted by Gasteiger charge is -2.32. The van der Waals surface area contributed by atoms with Gasteiger partial charge >= 0.3 is 7.12 Å². The molecular weight excluding hydrogens is 1410 g/mol. The fraction of sp³-hybridized carbons (Fsp3) is 0.143. The Hall–Kier alpha value is -11.0. The summed E-state index contributed by atoms with van der Waals surface area (Å²) in [7, 11) is -3.82. The Kier molecular flexibility index (Phi) is 19.0. The molecule has 0 aliphatic carbocycles. The fourth-order valence-electron chi connectivity index (χ4n) is 11.5. The monoisotopic (exact) mass is 1470 g/mol. The van der Waals surface area contributed by atoms with E-state index in [-0.39, 0.29) is 56.2 Å². The van der Waals surface area contributed by atoms with Crippen LogP contribution in [0.15, 0.2) is 251 Å². The van der Waals surface area contributed by atoms with Gasteiger partial charge in [0.1, 0.15) is 34.3 Å². The zero-order chi connectivity index (χ0) is 72.0. The summed E-state index contributed by atoms with van der Waals surface area (Å²) in [6, 6.07) is 56.6.